The summed E-state index contributed by atoms with van der Waals surface area (Å²) in [5.74, 6) is 0. The van der Waals surface area contributed by atoms with E-state index in [9.17, 15) is 0 Å². The van der Waals surface area contributed by atoms with Gasteiger partial charge in [0, 0.05) is 5.41 Å². The number of hydrogen-bond donors (Lipinski definition) is 0. The molecule has 33 heavy (non-hydrogen) atoms. The van der Waals surface area contributed by atoms with Crippen LogP contribution in [-0.4, -0.2) is 0 Å². The molecule has 2 aliphatic rings. The van der Waals surface area contributed by atoms with E-state index >= 15 is 0 Å². The van der Waals surface area contributed by atoms with Gasteiger partial charge in [0.25, 0.3) is 0 Å². The molecule has 0 spiro atoms. The quantitative estimate of drug-likeness (QED) is 0.306. The van der Waals surface area contributed by atoms with E-state index in [2.05, 4.69) is 102 Å². The molecule has 2 aliphatic carbocycles. The van der Waals surface area contributed by atoms with E-state index in [1.807, 2.05) is 12.1 Å². The Morgan fingerprint density at radius 2 is 1.42 bits per heavy atom. The molecule has 0 saturated carbocycles. The summed E-state index contributed by atoms with van der Waals surface area (Å²) in [6, 6.07) is 13.0. The molecule has 0 aliphatic heterocycles. The summed E-state index contributed by atoms with van der Waals surface area (Å²) in [6.45, 7) is 13.5. The van der Waals surface area contributed by atoms with Crippen molar-refractivity contribution in [3.63, 3.8) is 0 Å². The first-order valence-corrected chi connectivity index (χ1v) is 12.6. The third-order valence-corrected chi connectivity index (χ3v) is 7.11. The van der Waals surface area contributed by atoms with Crippen LogP contribution in [0.15, 0.2) is 84.0 Å². The fourth-order valence-corrected chi connectivity index (χ4v) is 5.46. The largest absolute Gasteiger partial charge is 2.00 e. The standard InChI is InChI=1S/C26H35.C6H7.Zr/c1-6-8-14-25(16-12-20(3)18-25)23-11-10-22(5)24(23)26(15-9-7-2)17-13-21(4)19-26;1-6-4-2-3-5-6;/h10-13,16-19H,6-9,14-15H2,1-5H3;2-5H,1H3;/q2*-1;+2. The molecule has 0 bridgehead atoms. The minimum absolute atomic E-state index is 0. The van der Waals surface area contributed by atoms with Crippen molar-refractivity contribution in [2.45, 2.75) is 90.9 Å². The zero-order chi connectivity index (χ0) is 23.2. The van der Waals surface area contributed by atoms with Gasteiger partial charge in [-0.15, -0.1) is 5.56 Å². The molecule has 0 saturated heterocycles. The van der Waals surface area contributed by atoms with Gasteiger partial charge in [0.15, 0.2) is 0 Å². The van der Waals surface area contributed by atoms with E-state index in [-0.39, 0.29) is 37.0 Å². The Bertz CT molecular complexity index is 991. The second-order valence-corrected chi connectivity index (χ2v) is 10.00. The van der Waals surface area contributed by atoms with Gasteiger partial charge in [0.1, 0.15) is 0 Å². The molecular weight excluding hydrogens is 476 g/mol. The van der Waals surface area contributed by atoms with Crippen LogP contribution in [0.3, 0.4) is 0 Å². The molecule has 1 heteroatoms. The number of unbranched alkanes of at least 4 members (excludes halogenated alkanes) is 2. The summed E-state index contributed by atoms with van der Waals surface area (Å²) in [5, 5.41) is 0. The Labute approximate surface area is 222 Å². The van der Waals surface area contributed by atoms with Gasteiger partial charge >= 0.3 is 26.2 Å². The van der Waals surface area contributed by atoms with Crippen molar-refractivity contribution >= 4 is 0 Å². The average Bonchev–Trinajstić information content (AvgIpc) is 3.55. The van der Waals surface area contributed by atoms with Crippen LogP contribution < -0.4 is 0 Å². The number of allylic oxidation sites excluding steroid dienone is 8. The molecule has 0 amide bonds. The third kappa shape index (κ3) is 6.36. The monoisotopic (exact) mass is 516 g/mol. The van der Waals surface area contributed by atoms with Crippen molar-refractivity contribution in [1.82, 2.24) is 0 Å². The van der Waals surface area contributed by atoms with Crippen LogP contribution in [0.5, 0.6) is 0 Å². The van der Waals surface area contributed by atoms with Gasteiger partial charge in [-0.25, -0.2) is 18.2 Å². The predicted octanol–water partition coefficient (Wildman–Crippen LogP) is 9.31. The molecule has 2 aromatic carbocycles. The normalized spacial score (nSPS) is 23.1. The fraction of sp³-hybridized carbons (Fsp3) is 0.438. The van der Waals surface area contributed by atoms with Gasteiger partial charge in [0.05, 0.1) is 0 Å². The first-order valence-electron chi connectivity index (χ1n) is 12.6. The maximum absolute atomic E-state index is 2.53. The van der Waals surface area contributed by atoms with Gasteiger partial charge in [-0.3, -0.25) is 0 Å². The maximum Gasteiger partial charge on any atom is 2.00 e. The molecule has 2 unspecified atom stereocenters. The van der Waals surface area contributed by atoms with Crippen molar-refractivity contribution in [2.75, 3.05) is 0 Å². The Hall–Kier alpha value is -1.46. The van der Waals surface area contributed by atoms with Crippen LogP contribution >= 0.6 is 0 Å². The molecule has 2 aromatic rings. The smallest absolute Gasteiger partial charge is 0.213 e. The molecule has 0 radical (unpaired) electrons. The van der Waals surface area contributed by atoms with Gasteiger partial charge < -0.3 is 0 Å². The summed E-state index contributed by atoms with van der Waals surface area (Å²) < 4.78 is 0. The van der Waals surface area contributed by atoms with E-state index < -0.39 is 0 Å². The van der Waals surface area contributed by atoms with Gasteiger partial charge in [-0.2, -0.15) is 34.9 Å². The van der Waals surface area contributed by atoms with E-state index in [4.69, 9.17) is 0 Å². The van der Waals surface area contributed by atoms with E-state index in [0.717, 1.165) is 0 Å². The molecule has 174 valence electrons. The molecule has 0 nitrogen and oxygen atoms in total. The minimum Gasteiger partial charge on any atom is -0.213 e. The molecule has 2 atom stereocenters. The van der Waals surface area contributed by atoms with E-state index in [1.165, 1.54) is 60.8 Å². The molecule has 0 heterocycles. The molecule has 0 N–H and O–H groups in total. The van der Waals surface area contributed by atoms with Crippen molar-refractivity contribution in [3.8, 4) is 0 Å². The average molecular weight is 518 g/mol. The Morgan fingerprint density at radius 3 is 1.85 bits per heavy atom. The zero-order valence-corrected chi connectivity index (χ0v) is 24.1. The van der Waals surface area contributed by atoms with Crippen LogP contribution in [0.25, 0.3) is 0 Å². The first-order chi connectivity index (χ1) is 15.4. The van der Waals surface area contributed by atoms with Crippen LogP contribution in [0.2, 0.25) is 0 Å². The summed E-state index contributed by atoms with van der Waals surface area (Å²) in [7, 11) is 0. The Balaban J connectivity index is 0.000000479. The number of rotatable bonds is 8. The summed E-state index contributed by atoms with van der Waals surface area (Å²) in [6.07, 6.45) is 22.1. The van der Waals surface area contributed by atoms with Crippen LogP contribution in [0.1, 0.15) is 88.5 Å². The molecule has 0 aromatic heterocycles. The summed E-state index contributed by atoms with van der Waals surface area (Å²) in [4.78, 5) is 0. The number of hydrogen-bond acceptors (Lipinski definition) is 0. The number of aryl methyl sites for hydroxylation is 2. The predicted molar refractivity (Wildman–Crippen MR) is 142 cm³/mol. The van der Waals surface area contributed by atoms with Crippen LogP contribution in [-0.2, 0) is 37.0 Å². The first kappa shape index (κ1) is 27.8. The van der Waals surface area contributed by atoms with E-state index in [0.29, 0.717) is 0 Å². The van der Waals surface area contributed by atoms with Crippen LogP contribution in [0.4, 0.5) is 0 Å². The van der Waals surface area contributed by atoms with Gasteiger partial charge in [-0.1, -0.05) is 101 Å². The van der Waals surface area contributed by atoms with Crippen molar-refractivity contribution < 1.29 is 26.2 Å². The second kappa shape index (κ2) is 12.3. The molecule has 0 fully saturated rings. The van der Waals surface area contributed by atoms with Gasteiger partial charge in [0.2, 0.25) is 0 Å². The second-order valence-electron chi connectivity index (χ2n) is 10.00. The van der Waals surface area contributed by atoms with Crippen molar-refractivity contribution in [3.05, 3.63) is 106 Å². The minimum atomic E-state index is 0. The third-order valence-electron chi connectivity index (χ3n) is 7.11. The van der Waals surface area contributed by atoms with Gasteiger partial charge in [-0.05, 0) is 32.1 Å². The molecule has 4 rings (SSSR count). The topological polar surface area (TPSA) is 0 Å². The summed E-state index contributed by atoms with van der Waals surface area (Å²) in [5.41, 5.74) is 8.89. The summed E-state index contributed by atoms with van der Waals surface area (Å²) >= 11 is 0. The van der Waals surface area contributed by atoms with E-state index in [1.54, 1.807) is 11.1 Å². The van der Waals surface area contributed by atoms with Crippen molar-refractivity contribution in [2.24, 2.45) is 0 Å². The van der Waals surface area contributed by atoms with Crippen molar-refractivity contribution in [1.29, 1.82) is 0 Å². The molecular formula is C32H42Zr. The van der Waals surface area contributed by atoms with Crippen LogP contribution in [0, 0.1) is 13.8 Å². The SMILES string of the molecule is CCCCC1(c2cc[c-](C)c2C2(CCCC)C=CC(C)=C2)C=CC(C)=C1.Cc1ccc[cH-]1.[Zr+2]. The Kier molecular flexibility index (Phi) is 10.4. The zero-order valence-electron chi connectivity index (χ0n) is 21.7. The Morgan fingerprint density at radius 1 is 0.848 bits per heavy atom. The maximum atomic E-state index is 2.53. The fourth-order valence-electron chi connectivity index (χ4n) is 5.46.